The van der Waals surface area contributed by atoms with E-state index in [1.165, 1.54) is 0 Å². The molecule has 0 spiro atoms. The van der Waals surface area contributed by atoms with Gasteiger partial charge in [-0.3, -0.25) is 10.2 Å². The molecule has 22 heavy (non-hydrogen) atoms. The molecule has 0 bridgehead atoms. The van der Waals surface area contributed by atoms with Gasteiger partial charge in [-0.2, -0.15) is 0 Å². The van der Waals surface area contributed by atoms with Crippen molar-refractivity contribution >= 4 is 11.7 Å². The molecule has 122 valence electrons. The van der Waals surface area contributed by atoms with E-state index in [4.69, 9.17) is 21.6 Å². The molecule has 1 aliphatic heterocycles. The minimum atomic E-state index is -0.142. The molecule has 1 aliphatic rings. The number of nitrogens with one attached hydrogen (secondary N) is 2. The molecule has 0 aliphatic carbocycles. The van der Waals surface area contributed by atoms with Crippen LogP contribution in [-0.2, 0) is 4.79 Å². The Bertz CT molecular complexity index is 485. The van der Waals surface area contributed by atoms with E-state index >= 15 is 0 Å². The van der Waals surface area contributed by atoms with Crippen molar-refractivity contribution in [1.82, 2.24) is 5.32 Å². The molecular formula is C16H26N4O2. The minimum Gasteiger partial charge on any atom is -0.494 e. The first-order valence-corrected chi connectivity index (χ1v) is 7.62. The second-order valence-corrected chi connectivity index (χ2v) is 5.22. The summed E-state index contributed by atoms with van der Waals surface area (Å²) >= 11 is 0. The highest BCUT2D eigenvalue weighted by Crippen LogP contribution is 2.12. The average Bonchev–Trinajstić information content (AvgIpc) is 2.54. The van der Waals surface area contributed by atoms with Crippen LogP contribution in [0.1, 0.15) is 31.7 Å². The Morgan fingerprint density at radius 1 is 1.36 bits per heavy atom. The van der Waals surface area contributed by atoms with Crippen LogP contribution in [0.2, 0.25) is 0 Å². The van der Waals surface area contributed by atoms with Crippen molar-refractivity contribution in [3.05, 3.63) is 29.8 Å². The van der Waals surface area contributed by atoms with Crippen molar-refractivity contribution in [3.63, 3.8) is 0 Å². The summed E-state index contributed by atoms with van der Waals surface area (Å²) < 4.78 is 5.39. The van der Waals surface area contributed by atoms with Gasteiger partial charge in [-0.25, -0.2) is 0 Å². The van der Waals surface area contributed by atoms with Gasteiger partial charge >= 0.3 is 0 Å². The number of primary amides is 1. The highest BCUT2D eigenvalue weighted by molar-refractivity contribution is 5.95. The van der Waals surface area contributed by atoms with Crippen LogP contribution in [0.25, 0.3) is 0 Å². The number of nitrogens with two attached hydrogens (primary N) is 2. The summed E-state index contributed by atoms with van der Waals surface area (Å²) in [6.07, 6.45) is 2.80. The first-order valence-electron chi connectivity index (χ1n) is 7.62. The fourth-order valence-corrected chi connectivity index (χ4v) is 2.08. The van der Waals surface area contributed by atoms with E-state index in [1.807, 2.05) is 12.1 Å². The summed E-state index contributed by atoms with van der Waals surface area (Å²) in [5, 5.41) is 10.4. The van der Waals surface area contributed by atoms with E-state index in [-0.39, 0.29) is 17.7 Å². The number of hydrogen-bond acceptors (Lipinski definition) is 4. The van der Waals surface area contributed by atoms with Gasteiger partial charge < -0.3 is 21.5 Å². The Balaban J connectivity index is 0.000000235. The first-order chi connectivity index (χ1) is 10.5. The molecule has 0 atom stereocenters. The Labute approximate surface area is 131 Å². The third-order valence-corrected chi connectivity index (χ3v) is 3.36. The topological polar surface area (TPSA) is 114 Å². The molecule has 6 heteroatoms. The second kappa shape index (κ2) is 9.78. The van der Waals surface area contributed by atoms with Gasteiger partial charge in [0.15, 0.2) is 0 Å². The lowest BCUT2D eigenvalue weighted by Gasteiger charge is -2.18. The van der Waals surface area contributed by atoms with Gasteiger partial charge in [0.05, 0.1) is 6.61 Å². The molecule has 2 rings (SSSR count). The van der Waals surface area contributed by atoms with E-state index < -0.39 is 0 Å². The van der Waals surface area contributed by atoms with Gasteiger partial charge in [-0.05, 0) is 44.5 Å². The quantitative estimate of drug-likeness (QED) is 0.484. The van der Waals surface area contributed by atoms with Crippen molar-refractivity contribution in [2.75, 3.05) is 19.7 Å². The van der Waals surface area contributed by atoms with Gasteiger partial charge in [0, 0.05) is 11.5 Å². The lowest BCUT2D eigenvalue weighted by atomic mass is 9.98. The average molecular weight is 306 g/mol. The molecule has 0 aromatic heterocycles. The SMILES string of the molecule is CCCOc1cccc(C(=N)N)c1.NC(=O)C1CCNCC1. The summed E-state index contributed by atoms with van der Waals surface area (Å²) in [5.74, 6) is 0.833. The maximum Gasteiger partial charge on any atom is 0.220 e. The number of ether oxygens (including phenoxy) is 1. The Hall–Kier alpha value is -2.08. The van der Waals surface area contributed by atoms with Crippen molar-refractivity contribution in [2.45, 2.75) is 26.2 Å². The Kier molecular flexibility index (Phi) is 7.99. The van der Waals surface area contributed by atoms with Gasteiger partial charge in [-0.1, -0.05) is 19.1 Å². The van der Waals surface area contributed by atoms with Crippen LogP contribution in [0.5, 0.6) is 5.75 Å². The summed E-state index contributed by atoms with van der Waals surface area (Å²) in [4.78, 5) is 10.5. The summed E-state index contributed by atoms with van der Waals surface area (Å²) in [7, 11) is 0. The third kappa shape index (κ3) is 6.58. The molecule has 1 fully saturated rings. The van der Waals surface area contributed by atoms with Crippen LogP contribution in [0, 0.1) is 11.3 Å². The Morgan fingerprint density at radius 2 is 2.05 bits per heavy atom. The van der Waals surface area contributed by atoms with Crippen LogP contribution in [0.3, 0.4) is 0 Å². The van der Waals surface area contributed by atoms with E-state index in [9.17, 15) is 4.79 Å². The molecule has 0 unspecified atom stereocenters. The van der Waals surface area contributed by atoms with Gasteiger partial charge in [-0.15, -0.1) is 0 Å². The fraction of sp³-hybridized carbons (Fsp3) is 0.500. The number of amidine groups is 1. The van der Waals surface area contributed by atoms with Crippen molar-refractivity contribution in [3.8, 4) is 5.75 Å². The molecule has 0 radical (unpaired) electrons. The van der Waals surface area contributed by atoms with Crippen molar-refractivity contribution in [2.24, 2.45) is 17.4 Å². The summed E-state index contributed by atoms with van der Waals surface area (Å²) in [6.45, 7) is 4.62. The smallest absolute Gasteiger partial charge is 0.220 e. The standard InChI is InChI=1S/C10H14N2O.C6H12N2O/c1-2-6-13-9-5-3-4-8(7-9)10(11)12;7-6(9)5-1-3-8-4-2-5/h3-5,7H,2,6H2,1H3,(H3,11,12);5,8H,1-4H2,(H2,7,9). The molecule has 1 amide bonds. The molecule has 0 saturated carbocycles. The highest BCUT2D eigenvalue weighted by Gasteiger charge is 2.17. The van der Waals surface area contributed by atoms with E-state index in [2.05, 4.69) is 12.2 Å². The molecule has 6 N–H and O–H groups in total. The number of rotatable bonds is 5. The van der Waals surface area contributed by atoms with Crippen LogP contribution in [0.4, 0.5) is 0 Å². The van der Waals surface area contributed by atoms with Crippen molar-refractivity contribution in [1.29, 1.82) is 5.41 Å². The number of carbonyl (C=O) groups excluding carboxylic acids is 1. The highest BCUT2D eigenvalue weighted by atomic mass is 16.5. The Morgan fingerprint density at radius 3 is 2.55 bits per heavy atom. The van der Waals surface area contributed by atoms with Crippen LogP contribution in [-0.4, -0.2) is 31.4 Å². The molecule has 1 aromatic carbocycles. The normalized spacial score (nSPS) is 14.6. The lowest BCUT2D eigenvalue weighted by molar-refractivity contribution is -0.122. The van der Waals surface area contributed by atoms with Crippen LogP contribution >= 0.6 is 0 Å². The summed E-state index contributed by atoms with van der Waals surface area (Å²) in [6, 6.07) is 7.27. The van der Waals surface area contributed by atoms with Crippen molar-refractivity contribution < 1.29 is 9.53 Å². The van der Waals surface area contributed by atoms with E-state index in [0.29, 0.717) is 12.2 Å². The zero-order valence-electron chi connectivity index (χ0n) is 13.1. The van der Waals surface area contributed by atoms with E-state index in [0.717, 1.165) is 38.1 Å². The third-order valence-electron chi connectivity index (χ3n) is 3.36. The maximum atomic E-state index is 10.5. The molecule has 1 aromatic rings. The minimum absolute atomic E-state index is 0.0712. The number of amides is 1. The predicted octanol–water partition coefficient (Wildman–Crippen LogP) is 1.23. The number of piperidine rings is 1. The number of benzene rings is 1. The molecular weight excluding hydrogens is 280 g/mol. The lowest BCUT2D eigenvalue weighted by Crippen LogP contribution is -2.34. The largest absolute Gasteiger partial charge is 0.494 e. The van der Waals surface area contributed by atoms with Gasteiger partial charge in [0.25, 0.3) is 0 Å². The second-order valence-electron chi connectivity index (χ2n) is 5.22. The van der Waals surface area contributed by atoms with E-state index in [1.54, 1.807) is 12.1 Å². The van der Waals surface area contributed by atoms with Crippen LogP contribution in [0.15, 0.2) is 24.3 Å². The zero-order valence-corrected chi connectivity index (χ0v) is 13.1. The molecule has 6 nitrogen and oxygen atoms in total. The van der Waals surface area contributed by atoms with Gasteiger partial charge in [0.2, 0.25) is 5.91 Å². The monoisotopic (exact) mass is 306 g/mol. The number of nitrogen functional groups attached to an aromatic ring is 1. The zero-order chi connectivity index (χ0) is 16.4. The molecule has 1 heterocycles. The predicted molar refractivity (Wildman–Crippen MR) is 88.0 cm³/mol. The summed E-state index contributed by atoms with van der Waals surface area (Å²) in [5.41, 5.74) is 11.1. The first kappa shape index (κ1) is 18.0. The van der Waals surface area contributed by atoms with Gasteiger partial charge in [0.1, 0.15) is 11.6 Å². The number of carbonyl (C=O) groups is 1. The maximum absolute atomic E-state index is 10.5. The molecule has 1 saturated heterocycles. The number of hydrogen-bond donors (Lipinski definition) is 4. The van der Waals surface area contributed by atoms with Crippen LogP contribution < -0.4 is 21.5 Å². The fourth-order valence-electron chi connectivity index (χ4n) is 2.08.